The molecule has 0 radical (unpaired) electrons. The van der Waals surface area contributed by atoms with Gasteiger partial charge in [-0.3, -0.25) is 14.5 Å². The van der Waals surface area contributed by atoms with Crippen molar-refractivity contribution in [2.24, 2.45) is 0 Å². The summed E-state index contributed by atoms with van der Waals surface area (Å²) in [7, 11) is 1.99. The number of likely N-dealkylation sites (tertiary alicyclic amines) is 1. The van der Waals surface area contributed by atoms with Crippen LogP contribution >= 0.6 is 35.1 Å². The summed E-state index contributed by atoms with van der Waals surface area (Å²) >= 11 is 8.83. The fraction of sp³-hybridized carbons (Fsp3) is 0.345. The molecule has 3 aromatic rings. The van der Waals surface area contributed by atoms with Gasteiger partial charge in [0, 0.05) is 35.2 Å². The lowest BCUT2D eigenvalue weighted by Gasteiger charge is -2.33. The van der Waals surface area contributed by atoms with Crippen LogP contribution in [0.25, 0.3) is 0 Å². The minimum absolute atomic E-state index is 0.0145. The van der Waals surface area contributed by atoms with E-state index in [1.54, 1.807) is 27.3 Å². The molecule has 2 aliphatic heterocycles. The van der Waals surface area contributed by atoms with Gasteiger partial charge in [-0.25, -0.2) is 0 Å². The van der Waals surface area contributed by atoms with Crippen molar-refractivity contribution in [3.63, 3.8) is 0 Å². The quantitative estimate of drug-likeness (QED) is 0.291. The second-order valence-corrected chi connectivity index (χ2v) is 12.1. The van der Waals surface area contributed by atoms with Gasteiger partial charge in [0.15, 0.2) is 5.69 Å². The van der Waals surface area contributed by atoms with Crippen LogP contribution < -0.4 is 5.56 Å². The van der Waals surface area contributed by atoms with E-state index in [1.807, 2.05) is 49.5 Å². The molecule has 1 saturated heterocycles. The summed E-state index contributed by atoms with van der Waals surface area (Å²) in [5.74, 6) is 0.775. The van der Waals surface area contributed by atoms with E-state index < -0.39 is 11.3 Å². The second kappa shape index (κ2) is 14.5. The molecule has 3 heterocycles. The number of aldehydes is 1. The standard InChI is InChI=1S/C21H23N5O3S.C8H7ClOS/c1-24-7-3-6-16(24)19-23-20(28)18(27)17-21(29)25(8-9-26(17)19)10-11-30-15-5-2-4-14(12-15)13-22;9-7-3-1-2-4-8(7)11-6-5-10/h2,4-5,12,16,27H,3,6-11H2,1H3;1-5H,6H2. The van der Waals surface area contributed by atoms with E-state index in [0.29, 0.717) is 47.6 Å². The van der Waals surface area contributed by atoms with Gasteiger partial charge >= 0.3 is 5.56 Å². The van der Waals surface area contributed by atoms with E-state index in [9.17, 15) is 19.5 Å². The van der Waals surface area contributed by atoms with Gasteiger partial charge in [0.25, 0.3) is 5.91 Å². The molecule has 5 rings (SSSR count). The van der Waals surface area contributed by atoms with Crippen LogP contribution in [0, 0.1) is 11.3 Å². The number of aromatic nitrogens is 2. The van der Waals surface area contributed by atoms with E-state index in [0.717, 1.165) is 35.5 Å². The number of halogens is 1. The number of hydrogen-bond donors (Lipinski definition) is 1. The van der Waals surface area contributed by atoms with Crippen molar-refractivity contribution in [2.75, 3.05) is 38.2 Å². The number of carbonyl (C=O) groups is 2. The van der Waals surface area contributed by atoms with Gasteiger partial charge < -0.3 is 19.4 Å². The van der Waals surface area contributed by atoms with Gasteiger partial charge in [-0.2, -0.15) is 10.2 Å². The molecule has 0 spiro atoms. The third-order valence-electron chi connectivity index (χ3n) is 6.83. The zero-order valence-electron chi connectivity index (χ0n) is 22.5. The molecule has 1 unspecified atom stereocenters. The molecule has 0 bridgehead atoms. The van der Waals surface area contributed by atoms with Crippen molar-refractivity contribution in [3.8, 4) is 11.8 Å². The number of amides is 1. The Bertz CT molecular complexity index is 1510. The van der Waals surface area contributed by atoms with Crippen molar-refractivity contribution in [3.05, 3.63) is 81.0 Å². The van der Waals surface area contributed by atoms with Crippen molar-refractivity contribution < 1.29 is 14.7 Å². The molecule has 1 atom stereocenters. The molecule has 214 valence electrons. The molecular weight excluding hydrogens is 582 g/mol. The first-order valence-electron chi connectivity index (χ1n) is 13.1. The van der Waals surface area contributed by atoms with E-state index in [4.69, 9.17) is 16.9 Å². The third-order valence-corrected chi connectivity index (χ3v) is 9.21. The van der Waals surface area contributed by atoms with Crippen LogP contribution in [0.4, 0.5) is 0 Å². The number of nitriles is 1. The summed E-state index contributed by atoms with van der Waals surface area (Å²) in [6.45, 7) is 2.39. The number of carbonyl (C=O) groups excluding carboxylic acids is 2. The van der Waals surface area contributed by atoms with Crippen LogP contribution in [0.5, 0.6) is 5.75 Å². The maximum absolute atomic E-state index is 13.1. The Morgan fingerprint density at radius 2 is 1.95 bits per heavy atom. The lowest BCUT2D eigenvalue weighted by molar-refractivity contribution is -0.105. The Balaban J connectivity index is 0.000000296. The first-order chi connectivity index (χ1) is 19.8. The molecule has 2 aromatic carbocycles. The van der Waals surface area contributed by atoms with Gasteiger partial charge in [0.05, 0.1) is 28.5 Å². The molecule has 0 aliphatic carbocycles. The number of hydrogen-bond acceptors (Lipinski definition) is 9. The van der Waals surface area contributed by atoms with E-state index in [-0.39, 0.29) is 17.6 Å². The van der Waals surface area contributed by atoms with Crippen molar-refractivity contribution >= 4 is 47.3 Å². The maximum Gasteiger partial charge on any atom is 0.315 e. The van der Waals surface area contributed by atoms with Crippen molar-refractivity contribution in [1.82, 2.24) is 19.4 Å². The van der Waals surface area contributed by atoms with Gasteiger partial charge in [-0.15, -0.1) is 23.5 Å². The minimum atomic E-state index is -0.741. The summed E-state index contributed by atoms with van der Waals surface area (Å²) in [6, 6.07) is 16.9. The van der Waals surface area contributed by atoms with Gasteiger partial charge in [0.1, 0.15) is 12.1 Å². The fourth-order valence-electron chi connectivity index (χ4n) is 4.80. The van der Waals surface area contributed by atoms with Gasteiger partial charge in [-0.1, -0.05) is 29.8 Å². The molecular formula is C29H30ClN5O4S2. The largest absolute Gasteiger partial charge is 0.501 e. The summed E-state index contributed by atoms with van der Waals surface area (Å²) in [5, 5.41) is 20.1. The number of thioether (sulfide) groups is 2. The monoisotopic (exact) mass is 611 g/mol. The second-order valence-electron chi connectivity index (χ2n) is 9.45. The predicted molar refractivity (Wildman–Crippen MR) is 161 cm³/mol. The molecule has 1 N–H and O–H groups in total. The van der Waals surface area contributed by atoms with Crippen LogP contribution in [-0.4, -0.2) is 74.8 Å². The SMILES string of the molecule is CN1CCCC1c1nc(=O)c(O)c2n1CCN(CCSc1cccc(C#N)c1)C2=O.O=CCSc1ccccc1Cl. The van der Waals surface area contributed by atoms with Crippen LogP contribution in [0.15, 0.2) is 63.1 Å². The van der Waals surface area contributed by atoms with Crippen LogP contribution in [0.2, 0.25) is 5.02 Å². The highest BCUT2D eigenvalue weighted by Crippen LogP contribution is 2.32. The highest BCUT2D eigenvalue weighted by Gasteiger charge is 2.35. The minimum Gasteiger partial charge on any atom is -0.501 e. The average molecular weight is 612 g/mol. The van der Waals surface area contributed by atoms with Crippen LogP contribution in [-0.2, 0) is 11.3 Å². The van der Waals surface area contributed by atoms with E-state index >= 15 is 0 Å². The molecule has 2 aliphatic rings. The summed E-state index contributed by atoms with van der Waals surface area (Å²) in [4.78, 5) is 45.2. The summed E-state index contributed by atoms with van der Waals surface area (Å²) in [5.41, 5.74) is -0.0911. The molecule has 12 heteroatoms. The Morgan fingerprint density at radius 1 is 1.15 bits per heavy atom. The highest BCUT2D eigenvalue weighted by atomic mass is 35.5. The first-order valence-corrected chi connectivity index (χ1v) is 15.5. The number of fused-ring (bicyclic) bond motifs is 1. The van der Waals surface area contributed by atoms with Gasteiger partial charge in [-0.05, 0) is 56.8 Å². The molecule has 41 heavy (non-hydrogen) atoms. The highest BCUT2D eigenvalue weighted by molar-refractivity contribution is 8.00. The molecule has 1 amide bonds. The Morgan fingerprint density at radius 3 is 2.66 bits per heavy atom. The third kappa shape index (κ3) is 7.51. The topological polar surface area (TPSA) is 120 Å². The summed E-state index contributed by atoms with van der Waals surface area (Å²) in [6.07, 6.45) is 2.76. The number of aromatic hydroxyl groups is 1. The van der Waals surface area contributed by atoms with Crippen LogP contribution in [0.1, 0.15) is 40.8 Å². The lowest BCUT2D eigenvalue weighted by atomic mass is 10.1. The zero-order valence-corrected chi connectivity index (χ0v) is 24.9. The molecule has 1 fully saturated rings. The number of nitrogens with zero attached hydrogens (tertiary/aromatic N) is 5. The molecule has 1 aromatic heterocycles. The Hall–Kier alpha value is -3.30. The summed E-state index contributed by atoms with van der Waals surface area (Å²) < 4.78 is 1.73. The van der Waals surface area contributed by atoms with Crippen LogP contribution in [0.3, 0.4) is 0 Å². The molecule has 9 nitrogen and oxygen atoms in total. The van der Waals surface area contributed by atoms with Crippen molar-refractivity contribution in [1.29, 1.82) is 5.26 Å². The Labute approximate surface area is 252 Å². The number of rotatable bonds is 8. The van der Waals surface area contributed by atoms with E-state index in [2.05, 4.69) is 16.0 Å². The van der Waals surface area contributed by atoms with Crippen molar-refractivity contribution in [2.45, 2.75) is 35.2 Å². The average Bonchev–Trinajstić information content (AvgIpc) is 3.41. The zero-order chi connectivity index (χ0) is 29.4. The van der Waals surface area contributed by atoms with E-state index in [1.165, 1.54) is 11.8 Å². The lowest BCUT2D eigenvalue weighted by Crippen LogP contribution is -2.44. The predicted octanol–water partition coefficient (Wildman–Crippen LogP) is 4.47. The maximum atomic E-state index is 13.1. The van der Waals surface area contributed by atoms with Gasteiger partial charge in [0.2, 0.25) is 5.75 Å². The number of benzene rings is 2. The fourth-order valence-corrected chi connectivity index (χ4v) is 6.66. The molecule has 0 saturated carbocycles. The Kier molecular flexibility index (Phi) is 10.9. The first kappa shape index (κ1) is 30.7. The smallest absolute Gasteiger partial charge is 0.315 e. The normalized spacial score (nSPS) is 16.5.